The zero-order valence-corrected chi connectivity index (χ0v) is 10.3. The fraction of sp³-hybridized carbons (Fsp3) is 0.385. The molecular formula is C13H16N2O3. The number of nitrogens with zero attached hydrogens (tertiary/aromatic N) is 1. The van der Waals surface area contributed by atoms with Crippen LogP contribution in [0.5, 0.6) is 0 Å². The van der Waals surface area contributed by atoms with Crippen LogP contribution in [0, 0.1) is 0 Å². The van der Waals surface area contributed by atoms with Crippen molar-refractivity contribution in [3.63, 3.8) is 0 Å². The number of rotatable bonds is 3. The Morgan fingerprint density at radius 1 is 1.50 bits per heavy atom. The maximum Gasteiger partial charge on any atom is 0.340 e. The van der Waals surface area contributed by atoms with E-state index in [1.165, 1.54) is 0 Å². The van der Waals surface area contributed by atoms with Gasteiger partial charge >= 0.3 is 5.97 Å². The lowest BCUT2D eigenvalue weighted by atomic mass is 10.1. The quantitative estimate of drug-likeness (QED) is 0.651. The zero-order valence-electron chi connectivity index (χ0n) is 10.3. The number of amides is 1. The number of nitrogens with two attached hydrogens (primary N) is 1. The minimum absolute atomic E-state index is 0.0327. The average Bonchev–Trinajstić information content (AvgIpc) is 2.76. The van der Waals surface area contributed by atoms with Crippen molar-refractivity contribution in [1.82, 2.24) is 0 Å². The third-order valence-electron chi connectivity index (χ3n) is 2.88. The monoisotopic (exact) mass is 248 g/mol. The molecule has 0 radical (unpaired) electrons. The molecule has 0 spiro atoms. The molecule has 2 rings (SSSR count). The number of carbonyl (C=O) groups is 2. The lowest BCUT2D eigenvalue weighted by molar-refractivity contribution is -0.117. The molecular weight excluding hydrogens is 232 g/mol. The molecule has 1 saturated heterocycles. The smallest absolute Gasteiger partial charge is 0.340 e. The summed E-state index contributed by atoms with van der Waals surface area (Å²) < 4.78 is 4.99. The second-order valence-corrected chi connectivity index (χ2v) is 4.15. The van der Waals surface area contributed by atoms with E-state index in [1.807, 2.05) is 0 Å². The van der Waals surface area contributed by atoms with E-state index in [0.717, 1.165) is 6.42 Å². The molecule has 0 unspecified atom stereocenters. The topological polar surface area (TPSA) is 72.6 Å². The minimum atomic E-state index is -0.445. The first-order chi connectivity index (χ1) is 8.63. The van der Waals surface area contributed by atoms with Crippen molar-refractivity contribution in [1.29, 1.82) is 0 Å². The van der Waals surface area contributed by atoms with Gasteiger partial charge in [0.05, 0.1) is 17.9 Å². The number of carbonyl (C=O) groups excluding carboxylic acids is 2. The molecule has 96 valence electrons. The van der Waals surface area contributed by atoms with Crippen LogP contribution in [0.2, 0.25) is 0 Å². The van der Waals surface area contributed by atoms with E-state index in [-0.39, 0.29) is 5.91 Å². The van der Waals surface area contributed by atoms with Gasteiger partial charge in [0.25, 0.3) is 0 Å². The Bertz CT molecular complexity index is 485. The second kappa shape index (κ2) is 5.08. The number of ether oxygens (including phenoxy) is 1. The van der Waals surface area contributed by atoms with Gasteiger partial charge in [-0.3, -0.25) is 4.79 Å². The van der Waals surface area contributed by atoms with Crippen molar-refractivity contribution in [3.05, 3.63) is 23.8 Å². The van der Waals surface area contributed by atoms with Gasteiger partial charge in [0.2, 0.25) is 5.91 Å². The molecule has 5 nitrogen and oxygen atoms in total. The van der Waals surface area contributed by atoms with Crippen molar-refractivity contribution >= 4 is 23.3 Å². The summed E-state index contributed by atoms with van der Waals surface area (Å²) in [7, 11) is 0. The summed E-state index contributed by atoms with van der Waals surface area (Å²) in [6, 6.07) is 4.94. The number of esters is 1. The van der Waals surface area contributed by atoms with E-state index >= 15 is 0 Å². The van der Waals surface area contributed by atoms with Gasteiger partial charge in [0, 0.05) is 18.7 Å². The van der Waals surface area contributed by atoms with Crippen LogP contribution in [-0.2, 0) is 9.53 Å². The first-order valence-electron chi connectivity index (χ1n) is 6.00. The number of benzene rings is 1. The van der Waals surface area contributed by atoms with E-state index in [4.69, 9.17) is 10.5 Å². The summed E-state index contributed by atoms with van der Waals surface area (Å²) in [5, 5.41) is 0. The molecule has 0 atom stereocenters. The highest BCUT2D eigenvalue weighted by atomic mass is 16.5. The summed E-state index contributed by atoms with van der Waals surface area (Å²) in [6.07, 6.45) is 1.33. The van der Waals surface area contributed by atoms with E-state index < -0.39 is 5.97 Å². The van der Waals surface area contributed by atoms with Gasteiger partial charge in [-0.1, -0.05) is 0 Å². The van der Waals surface area contributed by atoms with Gasteiger partial charge in [-0.05, 0) is 31.5 Å². The molecule has 1 aliphatic heterocycles. The summed E-state index contributed by atoms with van der Waals surface area (Å²) >= 11 is 0. The standard InChI is InChI=1S/C13H16N2O3/c1-2-18-13(17)10-8-9(14)5-6-11(10)15-7-3-4-12(15)16/h5-6,8H,2-4,7,14H2,1H3. The van der Waals surface area contributed by atoms with Crippen molar-refractivity contribution in [2.75, 3.05) is 23.8 Å². The summed E-state index contributed by atoms with van der Waals surface area (Å²) in [6.45, 7) is 2.67. The normalized spacial score (nSPS) is 14.9. The molecule has 0 bridgehead atoms. The van der Waals surface area contributed by atoms with E-state index in [0.29, 0.717) is 36.5 Å². The maximum absolute atomic E-state index is 11.9. The summed E-state index contributed by atoms with van der Waals surface area (Å²) in [5.74, 6) is -0.412. The lowest BCUT2D eigenvalue weighted by Gasteiger charge is -2.19. The van der Waals surface area contributed by atoms with Gasteiger partial charge in [-0.15, -0.1) is 0 Å². The Morgan fingerprint density at radius 3 is 2.89 bits per heavy atom. The van der Waals surface area contributed by atoms with Gasteiger partial charge in [-0.2, -0.15) is 0 Å². The Morgan fingerprint density at radius 2 is 2.28 bits per heavy atom. The number of hydrogen-bond donors (Lipinski definition) is 1. The first-order valence-corrected chi connectivity index (χ1v) is 6.00. The van der Waals surface area contributed by atoms with Crippen LogP contribution in [0.4, 0.5) is 11.4 Å². The molecule has 1 heterocycles. The van der Waals surface area contributed by atoms with Crippen molar-refractivity contribution in [3.8, 4) is 0 Å². The van der Waals surface area contributed by atoms with Crippen molar-refractivity contribution in [2.24, 2.45) is 0 Å². The molecule has 1 amide bonds. The second-order valence-electron chi connectivity index (χ2n) is 4.15. The Kier molecular flexibility index (Phi) is 3.50. The third kappa shape index (κ3) is 2.30. The third-order valence-corrected chi connectivity index (χ3v) is 2.88. The van der Waals surface area contributed by atoms with Gasteiger partial charge in [0.1, 0.15) is 0 Å². The van der Waals surface area contributed by atoms with Crippen LogP contribution in [0.15, 0.2) is 18.2 Å². The fourth-order valence-corrected chi connectivity index (χ4v) is 2.06. The van der Waals surface area contributed by atoms with Crippen LogP contribution < -0.4 is 10.6 Å². The molecule has 1 fully saturated rings. The predicted molar refractivity (Wildman–Crippen MR) is 68.4 cm³/mol. The Balaban J connectivity index is 2.40. The zero-order chi connectivity index (χ0) is 13.1. The molecule has 1 aromatic rings. The molecule has 1 aliphatic rings. The first kappa shape index (κ1) is 12.4. The molecule has 0 aliphatic carbocycles. The van der Waals surface area contributed by atoms with Crippen LogP contribution in [-0.4, -0.2) is 25.0 Å². The summed E-state index contributed by atoms with van der Waals surface area (Å²) in [5.41, 5.74) is 7.11. The molecule has 1 aromatic carbocycles. The Hall–Kier alpha value is -2.04. The molecule has 18 heavy (non-hydrogen) atoms. The highest BCUT2D eigenvalue weighted by Gasteiger charge is 2.26. The number of hydrogen-bond acceptors (Lipinski definition) is 4. The highest BCUT2D eigenvalue weighted by Crippen LogP contribution is 2.27. The fourth-order valence-electron chi connectivity index (χ4n) is 2.06. The maximum atomic E-state index is 11.9. The van der Waals surface area contributed by atoms with Gasteiger partial charge in [0.15, 0.2) is 0 Å². The average molecular weight is 248 g/mol. The van der Waals surface area contributed by atoms with Crippen molar-refractivity contribution < 1.29 is 14.3 Å². The SMILES string of the molecule is CCOC(=O)c1cc(N)ccc1N1CCCC1=O. The highest BCUT2D eigenvalue weighted by molar-refractivity contribution is 6.04. The van der Waals surface area contributed by atoms with Crippen molar-refractivity contribution in [2.45, 2.75) is 19.8 Å². The van der Waals surface area contributed by atoms with Gasteiger partial charge < -0.3 is 15.4 Å². The predicted octanol–water partition coefficient (Wildman–Crippen LogP) is 1.57. The minimum Gasteiger partial charge on any atom is -0.462 e. The van der Waals surface area contributed by atoms with Crippen LogP contribution >= 0.6 is 0 Å². The van der Waals surface area contributed by atoms with Gasteiger partial charge in [-0.25, -0.2) is 4.79 Å². The summed E-state index contributed by atoms with van der Waals surface area (Å²) in [4.78, 5) is 25.2. The Labute approximate surface area is 106 Å². The van der Waals surface area contributed by atoms with Crippen LogP contribution in [0.3, 0.4) is 0 Å². The molecule has 0 aromatic heterocycles. The van der Waals surface area contributed by atoms with E-state index in [2.05, 4.69) is 0 Å². The molecule has 0 saturated carbocycles. The number of nitrogen functional groups attached to an aromatic ring is 1. The number of anilines is 2. The van der Waals surface area contributed by atoms with Crippen LogP contribution in [0.1, 0.15) is 30.1 Å². The van der Waals surface area contributed by atoms with E-state index in [1.54, 1.807) is 30.0 Å². The molecule has 5 heteroatoms. The molecule has 2 N–H and O–H groups in total. The largest absolute Gasteiger partial charge is 0.462 e. The lowest BCUT2D eigenvalue weighted by Crippen LogP contribution is -2.26. The van der Waals surface area contributed by atoms with E-state index in [9.17, 15) is 9.59 Å². The van der Waals surface area contributed by atoms with Crippen LogP contribution in [0.25, 0.3) is 0 Å².